The fourth-order valence-corrected chi connectivity index (χ4v) is 3.68. The summed E-state index contributed by atoms with van der Waals surface area (Å²) < 4.78 is 1.56. The van der Waals surface area contributed by atoms with Gasteiger partial charge in [0.25, 0.3) is 5.62 Å². The Morgan fingerprint density at radius 2 is 2.06 bits per heavy atom. The normalized spacial score (nSPS) is 15.9. The van der Waals surface area contributed by atoms with Gasteiger partial charge >= 0.3 is 5.69 Å². The van der Waals surface area contributed by atoms with E-state index in [0.717, 1.165) is 18.4 Å². The van der Waals surface area contributed by atoms with Crippen molar-refractivity contribution in [1.29, 1.82) is 0 Å². The highest BCUT2D eigenvalue weighted by Gasteiger charge is 2.23. The molecule has 11 heteroatoms. The van der Waals surface area contributed by atoms with Crippen molar-refractivity contribution in [2.24, 2.45) is 4.99 Å². The molecule has 33 heavy (non-hydrogen) atoms. The Kier molecular flexibility index (Phi) is 5.38. The Morgan fingerprint density at radius 3 is 2.73 bits per heavy atom. The highest BCUT2D eigenvalue weighted by atomic mass is 16.3. The number of rotatable bonds is 7. The van der Waals surface area contributed by atoms with Crippen LogP contribution in [0.2, 0.25) is 0 Å². The maximum atomic E-state index is 11.5. The van der Waals surface area contributed by atoms with Gasteiger partial charge in [0.2, 0.25) is 11.8 Å². The van der Waals surface area contributed by atoms with Crippen LogP contribution in [-0.2, 0) is 0 Å². The first-order valence-electron chi connectivity index (χ1n) is 10.8. The van der Waals surface area contributed by atoms with E-state index in [2.05, 4.69) is 15.1 Å². The Hall–Kier alpha value is -3.99. The Labute approximate surface area is 187 Å². The van der Waals surface area contributed by atoms with Gasteiger partial charge < -0.3 is 20.1 Å². The third kappa shape index (κ3) is 4.22. The number of aromatic amines is 2. The zero-order valence-electron chi connectivity index (χ0n) is 18.0. The van der Waals surface area contributed by atoms with Crippen molar-refractivity contribution in [2.75, 3.05) is 18.1 Å². The lowest BCUT2D eigenvalue weighted by molar-refractivity contribution is 0.297. The van der Waals surface area contributed by atoms with E-state index in [1.165, 1.54) is 0 Å². The van der Waals surface area contributed by atoms with E-state index in [0.29, 0.717) is 29.0 Å². The third-order valence-electron chi connectivity index (χ3n) is 5.59. The minimum Gasteiger partial charge on any atom is -0.493 e. The van der Waals surface area contributed by atoms with E-state index in [1.807, 2.05) is 42.2 Å². The molecule has 1 fully saturated rings. The molecule has 0 aliphatic heterocycles. The molecular formula is C22H24N8O3. The molecule has 0 amide bonds. The van der Waals surface area contributed by atoms with Crippen LogP contribution in [-0.4, -0.2) is 59.0 Å². The van der Waals surface area contributed by atoms with Crippen LogP contribution in [0.4, 0.5) is 5.95 Å². The zero-order valence-corrected chi connectivity index (χ0v) is 18.0. The van der Waals surface area contributed by atoms with Crippen LogP contribution >= 0.6 is 0 Å². The molecule has 5 rings (SSSR count). The van der Waals surface area contributed by atoms with Gasteiger partial charge in [0, 0.05) is 11.8 Å². The van der Waals surface area contributed by atoms with Gasteiger partial charge in [0.05, 0.1) is 24.9 Å². The monoisotopic (exact) mass is 448 g/mol. The standard InChI is InChI=1S/C22H24N8O3/c1-13(14-5-3-2-4-6-14)29(9-10-31)20-26-18-15(11-17-19(32)27-22(33)25-17)12-23-30(18)21(28-20)24-16-7-8-16/h2-6,11-13,16,31-32H,7-10H2,1H3,(H2,25,27,33)/b15-11+,24-21?/t13-/m0/s1. The van der Waals surface area contributed by atoms with Crippen molar-refractivity contribution in [2.45, 2.75) is 31.8 Å². The molecule has 1 atom stereocenters. The molecular weight excluding hydrogens is 424 g/mol. The van der Waals surface area contributed by atoms with Crippen molar-refractivity contribution in [3.8, 4) is 5.88 Å². The highest BCUT2D eigenvalue weighted by Crippen LogP contribution is 2.24. The lowest BCUT2D eigenvalue weighted by atomic mass is 10.1. The van der Waals surface area contributed by atoms with Crippen LogP contribution < -0.4 is 21.4 Å². The van der Waals surface area contributed by atoms with Gasteiger partial charge in [-0.25, -0.2) is 9.79 Å². The summed E-state index contributed by atoms with van der Waals surface area (Å²) in [6, 6.07) is 10.0. The van der Waals surface area contributed by atoms with Gasteiger partial charge in [0.15, 0.2) is 5.65 Å². The second kappa shape index (κ2) is 8.51. The Balaban J connectivity index is 1.70. The summed E-state index contributed by atoms with van der Waals surface area (Å²) in [6.45, 7) is 2.29. The fourth-order valence-electron chi connectivity index (χ4n) is 3.68. The topological polar surface area (TPSA) is 148 Å². The Morgan fingerprint density at radius 1 is 1.27 bits per heavy atom. The summed E-state index contributed by atoms with van der Waals surface area (Å²) in [7, 11) is 0. The number of aliphatic hydroxyl groups is 1. The second-order valence-corrected chi connectivity index (χ2v) is 8.01. The molecule has 3 heterocycles. The van der Waals surface area contributed by atoms with Gasteiger partial charge in [-0.15, -0.1) is 0 Å². The summed E-state index contributed by atoms with van der Waals surface area (Å²) in [5.74, 6) is 0.144. The predicted octanol–water partition coefficient (Wildman–Crippen LogP) is 0.0170. The van der Waals surface area contributed by atoms with Crippen molar-refractivity contribution >= 4 is 17.7 Å². The summed E-state index contributed by atoms with van der Waals surface area (Å²) in [5.41, 5.74) is 1.67. The SMILES string of the molecule is C[C@@H](c1ccccc1)N(CCO)c1nc(=NC2CC2)n2nc/c(=C\c3[nH]c(=O)[nH]c3O)c2n1. The molecule has 1 aliphatic carbocycles. The second-order valence-electron chi connectivity index (χ2n) is 8.01. The van der Waals surface area contributed by atoms with Gasteiger partial charge in [-0.05, 0) is 31.4 Å². The molecule has 11 nitrogen and oxygen atoms in total. The van der Waals surface area contributed by atoms with Crippen LogP contribution in [0.5, 0.6) is 5.88 Å². The predicted molar refractivity (Wildman–Crippen MR) is 121 cm³/mol. The van der Waals surface area contributed by atoms with Gasteiger partial charge in [-0.2, -0.15) is 19.6 Å². The highest BCUT2D eigenvalue weighted by molar-refractivity contribution is 5.57. The van der Waals surface area contributed by atoms with E-state index in [4.69, 9.17) is 15.0 Å². The first-order valence-corrected chi connectivity index (χ1v) is 10.8. The number of nitrogens with one attached hydrogen (secondary N) is 2. The Bertz CT molecular complexity index is 1450. The molecule has 0 saturated heterocycles. The number of anilines is 1. The number of nitrogens with zero attached hydrogens (tertiary/aromatic N) is 6. The molecule has 3 aromatic heterocycles. The zero-order chi connectivity index (χ0) is 22.9. The van der Waals surface area contributed by atoms with Crippen molar-refractivity contribution in [3.05, 3.63) is 69.1 Å². The molecule has 1 saturated carbocycles. The van der Waals surface area contributed by atoms with Crippen LogP contribution in [0.3, 0.4) is 0 Å². The van der Waals surface area contributed by atoms with Crippen LogP contribution in [0.1, 0.15) is 37.1 Å². The molecule has 1 aromatic carbocycles. The minimum atomic E-state index is -0.513. The van der Waals surface area contributed by atoms with Crippen molar-refractivity contribution in [3.63, 3.8) is 0 Å². The largest absolute Gasteiger partial charge is 0.493 e. The molecule has 0 unspecified atom stereocenters. The number of benzene rings is 1. The lowest BCUT2D eigenvalue weighted by Crippen LogP contribution is -2.35. The number of fused-ring (bicyclic) bond motifs is 1. The van der Waals surface area contributed by atoms with E-state index < -0.39 is 5.69 Å². The van der Waals surface area contributed by atoms with Crippen LogP contribution in [0.15, 0.2) is 46.3 Å². The third-order valence-corrected chi connectivity index (χ3v) is 5.59. The van der Waals surface area contributed by atoms with Crippen LogP contribution in [0, 0.1) is 0 Å². The number of aromatic hydroxyl groups is 1. The van der Waals surface area contributed by atoms with Crippen LogP contribution in [0.25, 0.3) is 11.7 Å². The number of aliphatic hydroxyl groups excluding tert-OH is 1. The van der Waals surface area contributed by atoms with Gasteiger partial charge in [-0.3, -0.25) is 4.98 Å². The molecule has 0 bridgehead atoms. The van der Waals surface area contributed by atoms with E-state index >= 15 is 0 Å². The molecule has 4 N–H and O–H groups in total. The quantitative estimate of drug-likeness (QED) is 0.311. The summed E-state index contributed by atoms with van der Waals surface area (Å²) in [5, 5.41) is 24.7. The summed E-state index contributed by atoms with van der Waals surface area (Å²) in [6.07, 6.45) is 5.17. The minimum absolute atomic E-state index is 0.0719. The molecule has 170 valence electrons. The first-order chi connectivity index (χ1) is 16.0. The van der Waals surface area contributed by atoms with Crippen molar-refractivity contribution in [1.82, 2.24) is 29.5 Å². The fraction of sp³-hybridized carbons (Fsp3) is 0.318. The number of hydrogen-bond donors (Lipinski definition) is 4. The van der Waals surface area contributed by atoms with Gasteiger partial charge in [0.1, 0.15) is 5.69 Å². The molecule has 4 aromatic rings. The maximum absolute atomic E-state index is 11.5. The number of aromatic nitrogens is 6. The van der Waals surface area contributed by atoms with E-state index in [1.54, 1.807) is 16.8 Å². The number of H-pyrrole nitrogens is 2. The lowest BCUT2D eigenvalue weighted by Gasteiger charge is -2.29. The summed E-state index contributed by atoms with van der Waals surface area (Å²) in [4.78, 5) is 32.4. The average molecular weight is 448 g/mol. The summed E-state index contributed by atoms with van der Waals surface area (Å²) >= 11 is 0. The van der Waals surface area contributed by atoms with Crippen molar-refractivity contribution < 1.29 is 10.2 Å². The van der Waals surface area contributed by atoms with E-state index in [-0.39, 0.29) is 30.3 Å². The molecule has 0 radical (unpaired) electrons. The molecule has 1 aliphatic rings. The van der Waals surface area contributed by atoms with Gasteiger partial charge in [-0.1, -0.05) is 30.3 Å². The first kappa shape index (κ1) is 20.9. The molecule has 0 spiro atoms. The van der Waals surface area contributed by atoms with E-state index in [9.17, 15) is 15.0 Å². The smallest absolute Gasteiger partial charge is 0.326 e. The number of hydrogen-bond acceptors (Lipinski definition) is 8. The maximum Gasteiger partial charge on any atom is 0.326 e. The average Bonchev–Trinajstić information content (AvgIpc) is 3.45. The number of imidazole rings is 1.